The van der Waals surface area contributed by atoms with Crippen LogP contribution >= 0.6 is 22.6 Å². The molecule has 4 aromatic carbocycles. The second-order valence-corrected chi connectivity index (χ2v) is 9.52. The number of fused-ring (bicyclic) bond motifs is 1. The van der Waals surface area contributed by atoms with Crippen LogP contribution in [0.25, 0.3) is 22.3 Å². The summed E-state index contributed by atoms with van der Waals surface area (Å²) in [6, 6.07) is 26.6. The highest BCUT2D eigenvalue weighted by Gasteiger charge is 2.31. The lowest BCUT2D eigenvalue weighted by Gasteiger charge is -2.12. The van der Waals surface area contributed by atoms with Gasteiger partial charge in [0, 0.05) is 5.56 Å². The summed E-state index contributed by atoms with van der Waals surface area (Å²) in [5.41, 5.74) is 0.881. The molecule has 1 heterocycles. The maximum atomic E-state index is 13.4. The lowest BCUT2D eigenvalue weighted by atomic mass is 10.1. The third-order valence-corrected chi connectivity index (χ3v) is 6.56. The first kappa shape index (κ1) is 25.7. The maximum absolute atomic E-state index is 13.4. The summed E-state index contributed by atoms with van der Waals surface area (Å²) in [6.07, 6.45) is -3.07. The maximum Gasteiger partial charge on any atom is 0.416 e. The van der Waals surface area contributed by atoms with Crippen LogP contribution in [0.15, 0.2) is 107 Å². The van der Waals surface area contributed by atoms with Crippen molar-refractivity contribution >= 4 is 39.7 Å². The molecule has 5 rings (SSSR count). The lowest BCUT2D eigenvalue weighted by Crippen LogP contribution is -2.20. The van der Waals surface area contributed by atoms with E-state index in [1.165, 1.54) is 18.3 Å². The molecule has 0 atom stereocenters. The summed E-state index contributed by atoms with van der Waals surface area (Å²) in [5, 5.41) is 4.66. The van der Waals surface area contributed by atoms with Crippen LogP contribution in [0.1, 0.15) is 16.7 Å². The van der Waals surface area contributed by atoms with Gasteiger partial charge in [-0.15, -0.1) is 0 Å². The highest BCUT2D eigenvalue weighted by atomic mass is 127. The van der Waals surface area contributed by atoms with E-state index in [9.17, 15) is 18.0 Å². The minimum atomic E-state index is -4.54. The van der Waals surface area contributed by atoms with E-state index in [-0.39, 0.29) is 11.4 Å². The Kier molecular flexibility index (Phi) is 7.28. The molecule has 0 fully saturated rings. The van der Waals surface area contributed by atoms with E-state index in [2.05, 4.69) is 32.7 Å². The van der Waals surface area contributed by atoms with Crippen molar-refractivity contribution < 1.29 is 17.9 Å². The van der Waals surface area contributed by atoms with Gasteiger partial charge in [0.15, 0.2) is 5.82 Å². The first-order valence-electron chi connectivity index (χ1n) is 11.5. The fraction of sp³-hybridized carbons (Fsp3) is 0.0690. The van der Waals surface area contributed by atoms with Gasteiger partial charge in [-0.3, -0.25) is 4.79 Å². The summed E-state index contributed by atoms with van der Waals surface area (Å²) in [6.45, 7) is 0.419. The summed E-state index contributed by atoms with van der Waals surface area (Å²) in [4.78, 5) is 17.8. The second-order valence-electron chi connectivity index (χ2n) is 8.36. The molecule has 0 saturated carbocycles. The Morgan fingerprint density at radius 1 is 0.921 bits per heavy atom. The molecule has 38 heavy (non-hydrogen) atoms. The average molecular weight is 625 g/mol. The SMILES string of the molecule is O=c1c2ccccc2nc(-c2cccc(C(F)(F)F)c2)n1N=Cc1ccc(OCc2ccccc2)c(I)c1. The third-order valence-electron chi connectivity index (χ3n) is 5.72. The van der Waals surface area contributed by atoms with Crippen LogP contribution in [-0.4, -0.2) is 15.9 Å². The van der Waals surface area contributed by atoms with Crippen molar-refractivity contribution in [2.24, 2.45) is 5.10 Å². The zero-order chi connectivity index (χ0) is 26.7. The number of hydrogen-bond acceptors (Lipinski definition) is 4. The predicted molar refractivity (Wildman–Crippen MR) is 149 cm³/mol. The van der Waals surface area contributed by atoms with Crippen LogP contribution < -0.4 is 10.3 Å². The first-order valence-corrected chi connectivity index (χ1v) is 12.6. The van der Waals surface area contributed by atoms with Crippen molar-refractivity contribution in [3.8, 4) is 17.1 Å². The van der Waals surface area contributed by atoms with Crippen LogP contribution in [-0.2, 0) is 12.8 Å². The molecule has 190 valence electrons. The average Bonchev–Trinajstić information content (AvgIpc) is 2.92. The third kappa shape index (κ3) is 5.62. The number of ether oxygens (including phenoxy) is 1. The summed E-state index contributed by atoms with van der Waals surface area (Å²) < 4.78 is 47.9. The van der Waals surface area contributed by atoms with Gasteiger partial charge in [0.25, 0.3) is 5.56 Å². The van der Waals surface area contributed by atoms with E-state index >= 15 is 0 Å². The van der Waals surface area contributed by atoms with Crippen molar-refractivity contribution in [2.45, 2.75) is 12.8 Å². The number of aromatic nitrogens is 2. The van der Waals surface area contributed by atoms with E-state index in [1.54, 1.807) is 36.4 Å². The zero-order valence-corrected chi connectivity index (χ0v) is 21.8. The summed E-state index contributed by atoms with van der Waals surface area (Å²) in [7, 11) is 0. The van der Waals surface area contributed by atoms with Crippen molar-refractivity contribution in [3.05, 3.63) is 128 Å². The van der Waals surface area contributed by atoms with Crippen molar-refractivity contribution in [1.82, 2.24) is 9.66 Å². The Morgan fingerprint density at radius 3 is 2.45 bits per heavy atom. The Labute approximate surface area is 229 Å². The molecule has 0 spiro atoms. The molecule has 0 amide bonds. The van der Waals surface area contributed by atoms with Crippen molar-refractivity contribution in [2.75, 3.05) is 0 Å². The number of nitrogens with zero attached hydrogens (tertiary/aromatic N) is 3. The molecule has 1 aromatic heterocycles. The van der Waals surface area contributed by atoms with Crippen LogP contribution in [0, 0.1) is 3.57 Å². The van der Waals surface area contributed by atoms with Crippen molar-refractivity contribution in [1.29, 1.82) is 0 Å². The molecular formula is C29H19F3IN3O2. The van der Waals surface area contributed by atoms with Gasteiger partial charge < -0.3 is 4.74 Å². The van der Waals surface area contributed by atoms with Crippen LogP contribution in [0.3, 0.4) is 0 Å². The monoisotopic (exact) mass is 625 g/mol. The minimum Gasteiger partial charge on any atom is -0.488 e. The number of hydrogen-bond donors (Lipinski definition) is 0. The van der Waals surface area contributed by atoms with Crippen LogP contribution in [0.5, 0.6) is 5.75 Å². The van der Waals surface area contributed by atoms with Crippen LogP contribution in [0.4, 0.5) is 13.2 Å². The van der Waals surface area contributed by atoms with Gasteiger partial charge in [-0.1, -0.05) is 54.6 Å². The molecule has 9 heteroatoms. The highest BCUT2D eigenvalue weighted by molar-refractivity contribution is 14.1. The van der Waals surface area contributed by atoms with E-state index in [1.807, 2.05) is 36.4 Å². The number of alkyl halides is 3. The molecule has 0 aliphatic heterocycles. The Balaban J connectivity index is 1.51. The number of halogens is 4. The Bertz CT molecular complexity index is 1700. The lowest BCUT2D eigenvalue weighted by molar-refractivity contribution is -0.137. The standard InChI is InChI=1S/C29H19F3IN3O2/c30-29(31,32)22-10-6-9-21(16-22)27-35-25-12-5-4-11-23(25)28(37)36(27)34-17-20-13-14-26(24(33)15-20)38-18-19-7-2-1-3-8-19/h1-17H,18H2. The Hall–Kier alpha value is -3.99. The van der Waals surface area contributed by atoms with Crippen molar-refractivity contribution in [3.63, 3.8) is 0 Å². The van der Waals surface area contributed by atoms with E-state index in [0.29, 0.717) is 28.8 Å². The fourth-order valence-electron chi connectivity index (χ4n) is 3.83. The summed E-state index contributed by atoms with van der Waals surface area (Å²) >= 11 is 2.15. The molecule has 5 nitrogen and oxygen atoms in total. The van der Waals surface area contributed by atoms with Gasteiger partial charge in [-0.25, -0.2) is 4.98 Å². The van der Waals surface area contributed by atoms with Gasteiger partial charge in [-0.2, -0.15) is 22.9 Å². The molecule has 0 bridgehead atoms. The molecule has 0 unspecified atom stereocenters. The minimum absolute atomic E-state index is 0.00793. The summed E-state index contributed by atoms with van der Waals surface area (Å²) in [5.74, 6) is 0.703. The molecule has 0 aliphatic carbocycles. The molecule has 0 N–H and O–H groups in total. The van der Waals surface area contributed by atoms with E-state index in [4.69, 9.17) is 4.74 Å². The molecule has 5 aromatic rings. The van der Waals surface area contributed by atoms with E-state index in [0.717, 1.165) is 25.9 Å². The Morgan fingerprint density at radius 2 is 1.68 bits per heavy atom. The fourth-order valence-corrected chi connectivity index (χ4v) is 4.52. The topological polar surface area (TPSA) is 56.5 Å². The molecular weight excluding hydrogens is 606 g/mol. The van der Waals surface area contributed by atoms with Gasteiger partial charge >= 0.3 is 6.18 Å². The molecule has 0 radical (unpaired) electrons. The van der Waals surface area contributed by atoms with Gasteiger partial charge in [0.05, 0.1) is 26.3 Å². The number of benzene rings is 4. The normalized spacial score (nSPS) is 11.8. The predicted octanol–water partition coefficient (Wildman–Crippen LogP) is 7.15. The zero-order valence-electron chi connectivity index (χ0n) is 19.7. The van der Waals surface area contributed by atoms with Gasteiger partial charge in [-0.05, 0) is 76.2 Å². The molecule has 0 saturated heterocycles. The highest BCUT2D eigenvalue weighted by Crippen LogP contribution is 2.32. The first-order chi connectivity index (χ1) is 18.3. The van der Waals surface area contributed by atoms with E-state index < -0.39 is 17.3 Å². The largest absolute Gasteiger partial charge is 0.488 e. The molecule has 0 aliphatic rings. The number of para-hydroxylation sites is 1. The van der Waals surface area contributed by atoms with Gasteiger partial charge in [0.1, 0.15) is 12.4 Å². The smallest absolute Gasteiger partial charge is 0.416 e. The van der Waals surface area contributed by atoms with Crippen LogP contribution in [0.2, 0.25) is 0 Å². The van der Waals surface area contributed by atoms with Gasteiger partial charge in [0.2, 0.25) is 0 Å². The quantitative estimate of drug-likeness (QED) is 0.149. The number of rotatable bonds is 6. The second kappa shape index (κ2) is 10.8.